The summed E-state index contributed by atoms with van der Waals surface area (Å²) in [4.78, 5) is 14.2. The molecule has 4 heteroatoms. The van der Waals surface area contributed by atoms with Gasteiger partial charge in [-0.05, 0) is 48.0 Å². The molecule has 1 aromatic carbocycles. The van der Waals surface area contributed by atoms with Crippen LogP contribution in [0.25, 0.3) is 0 Å². The fourth-order valence-corrected chi connectivity index (χ4v) is 3.03. The molecule has 1 aromatic heterocycles. The number of halogens is 1. The number of carbonyl (C=O) groups excluding carboxylic acids is 1. The highest BCUT2D eigenvalue weighted by atomic mass is 79.9. The molecule has 0 amide bonds. The maximum Gasteiger partial charge on any atom is 0.201 e. The Morgan fingerprint density at radius 1 is 1.33 bits per heavy atom. The summed E-state index contributed by atoms with van der Waals surface area (Å²) in [6.45, 7) is 4.03. The van der Waals surface area contributed by atoms with Gasteiger partial charge in [0.1, 0.15) is 5.75 Å². The molecule has 18 heavy (non-hydrogen) atoms. The van der Waals surface area contributed by atoms with E-state index in [-0.39, 0.29) is 12.4 Å². The zero-order chi connectivity index (χ0) is 13.1. The monoisotopic (exact) mass is 324 g/mol. The number of ether oxygens (including phenoxy) is 1. The van der Waals surface area contributed by atoms with Crippen molar-refractivity contribution in [2.24, 2.45) is 0 Å². The number of hydrogen-bond donors (Lipinski definition) is 0. The molecule has 0 spiro atoms. The maximum absolute atomic E-state index is 12.0. The number of thiophene rings is 1. The molecule has 0 fully saturated rings. The lowest BCUT2D eigenvalue weighted by molar-refractivity contribution is 0.0921. The number of ketones is 1. The van der Waals surface area contributed by atoms with Crippen LogP contribution >= 0.6 is 27.3 Å². The lowest BCUT2D eigenvalue weighted by Crippen LogP contribution is -2.11. The van der Waals surface area contributed by atoms with Gasteiger partial charge in [-0.25, -0.2) is 0 Å². The summed E-state index contributed by atoms with van der Waals surface area (Å²) in [5.41, 5.74) is 0.768. The predicted molar refractivity (Wildman–Crippen MR) is 77.8 cm³/mol. The molecule has 0 unspecified atom stereocenters. The molecule has 0 bridgehead atoms. The molecule has 2 nitrogen and oxygen atoms in total. The van der Waals surface area contributed by atoms with Gasteiger partial charge in [-0.3, -0.25) is 4.79 Å². The van der Waals surface area contributed by atoms with Gasteiger partial charge >= 0.3 is 0 Å². The second-order valence-electron chi connectivity index (χ2n) is 3.97. The second kappa shape index (κ2) is 5.67. The smallest absolute Gasteiger partial charge is 0.201 e. The van der Waals surface area contributed by atoms with E-state index in [9.17, 15) is 4.79 Å². The van der Waals surface area contributed by atoms with Crippen molar-refractivity contribution in [3.8, 4) is 5.75 Å². The van der Waals surface area contributed by atoms with Crippen LogP contribution in [0.4, 0.5) is 0 Å². The maximum atomic E-state index is 12.0. The molecule has 94 valence electrons. The van der Waals surface area contributed by atoms with Crippen LogP contribution < -0.4 is 4.74 Å². The van der Waals surface area contributed by atoms with Crippen LogP contribution in [0.3, 0.4) is 0 Å². The number of hydrogen-bond acceptors (Lipinski definition) is 3. The standard InChI is InChI=1S/C14H13BrO2S/c1-9-7-11(10(2)18-9)13(16)8-17-14-6-4-3-5-12(14)15/h3-7H,8H2,1-2H3. The summed E-state index contributed by atoms with van der Waals surface area (Å²) in [7, 11) is 0. The zero-order valence-electron chi connectivity index (χ0n) is 10.2. The van der Waals surface area contributed by atoms with Gasteiger partial charge in [-0.1, -0.05) is 12.1 Å². The van der Waals surface area contributed by atoms with Crippen LogP contribution in [0.15, 0.2) is 34.8 Å². The number of aryl methyl sites for hydroxylation is 2. The SMILES string of the molecule is Cc1cc(C(=O)COc2ccccc2Br)c(C)s1. The third-order valence-electron chi connectivity index (χ3n) is 2.54. The lowest BCUT2D eigenvalue weighted by atomic mass is 10.2. The third kappa shape index (κ3) is 3.00. The number of carbonyl (C=O) groups is 1. The molecule has 0 aliphatic heterocycles. The quantitative estimate of drug-likeness (QED) is 0.780. The summed E-state index contributed by atoms with van der Waals surface area (Å²) < 4.78 is 6.38. The van der Waals surface area contributed by atoms with Crippen molar-refractivity contribution in [2.75, 3.05) is 6.61 Å². The van der Waals surface area contributed by atoms with Gasteiger partial charge in [0.2, 0.25) is 5.78 Å². The van der Waals surface area contributed by atoms with Gasteiger partial charge < -0.3 is 4.74 Å². The molecule has 1 heterocycles. The van der Waals surface area contributed by atoms with E-state index in [1.807, 2.05) is 44.2 Å². The highest BCUT2D eigenvalue weighted by Crippen LogP contribution is 2.25. The predicted octanol–water partition coefficient (Wildman–Crippen LogP) is 4.39. The fraction of sp³-hybridized carbons (Fsp3) is 0.214. The Morgan fingerprint density at radius 3 is 2.67 bits per heavy atom. The number of benzene rings is 1. The van der Waals surface area contributed by atoms with E-state index in [1.165, 1.54) is 0 Å². The summed E-state index contributed by atoms with van der Waals surface area (Å²) in [6.07, 6.45) is 0. The minimum atomic E-state index is 0.0209. The minimum Gasteiger partial charge on any atom is -0.484 e. The Bertz CT molecular complexity index is 575. The van der Waals surface area contributed by atoms with Crippen molar-refractivity contribution < 1.29 is 9.53 Å². The van der Waals surface area contributed by atoms with Crippen molar-refractivity contribution in [1.29, 1.82) is 0 Å². The van der Waals surface area contributed by atoms with Gasteiger partial charge in [-0.15, -0.1) is 11.3 Å². The first-order chi connectivity index (χ1) is 8.58. The van der Waals surface area contributed by atoms with Gasteiger partial charge in [0.25, 0.3) is 0 Å². The molecule has 0 saturated heterocycles. The molecule has 2 rings (SSSR count). The van der Waals surface area contributed by atoms with Crippen LogP contribution in [0, 0.1) is 13.8 Å². The van der Waals surface area contributed by atoms with Crippen molar-refractivity contribution >= 4 is 33.0 Å². The Labute approximate surface area is 119 Å². The lowest BCUT2D eigenvalue weighted by Gasteiger charge is -2.06. The van der Waals surface area contributed by atoms with Crippen LogP contribution in [-0.4, -0.2) is 12.4 Å². The number of para-hydroxylation sites is 1. The van der Waals surface area contributed by atoms with Crippen LogP contribution in [-0.2, 0) is 0 Å². The van der Waals surface area contributed by atoms with Crippen LogP contribution in [0.1, 0.15) is 20.1 Å². The summed E-state index contributed by atoms with van der Waals surface area (Å²) in [6, 6.07) is 9.43. The Balaban J connectivity index is 2.05. The summed E-state index contributed by atoms with van der Waals surface area (Å²) in [5, 5.41) is 0. The van der Waals surface area contributed by atoms with E-state index in [4.69, 9.17) is 4.74 Å². The van der Waals surface area contributed by atoms with Crippen molar-refractivity contribution in [1.82, 2.24) is 0 Å². The zero-order valence-corrected chi connectivity index (χ0v) is 12.6. The van der Waals surface area contributed by atoms with Crippen LogP contribution in [0.5, 0.6) is 5.75 Å². The van der Waals surface area contributed by atoms with Crippen LogP contribution in [0.2, 0.25) is 0 Å². The average molecular weight is 325 g/mol. The molecule has 0 aliphatic carbocycles. The highest BCUT2D eigenvalue weighted by molar-refractivity contribution is 9.10. The Morgan fingerprint density at radius 2 is 2.06 bits per heavy atom. The third-order valence-corrected chi connectivity index (χ3v) is 4.16. The first-order valence-corrected chi connectivity index (χ1v) is 7.16. The van der Waals surface area contributed by atoms with E-state index in [0.29, 0.717) is 5.75 Å². The fourth-order valence-electron chi connectivity index (χ4n) is 1.69. The minimum absolute atomic E-state index is 0.0209. The van der Waals surface area contributed by atoms with E-state index in [0.717, 1.165) is 19.8 Å². The first-order valence-electron chi connectivity index (χ1n) is 5.55. The molecule has 0 atom stereocenters. The highest BCUT2D eigenvalue weighted by Gasteiger charge is 2.13. The topological polar surface area (TPSA) is 26.3 Å². The van der Waals surface area contributed by atoms with Gasteiger partial charge in [0.05, 0.1) is 4.47 Å². The average Bonchev–Trinajstić information content (AvgIpc) is 2.67. The molecule has 2 aromatic rings. The number of rotatable bonds is 4. The van der Waals surface area contributed by atoms with Crippen molar-refractivity contribution in [2.45, 2.75) is 13.8 Å². The van der Waals surface area contributed by atoms with E-state index in [2.05, 4.69) is 15.9 Å². The molecule has 0 N–H and O–H groups in total. The molecular weight excluding hydrogens is 312 g/mol. The second-order valence-corrected chi connectivity index (χ2v) is 6.28. The normalized spacial score (nSPS) is 10.4. The summed E-state index contributed by atoms with van der Waals surface area (Å²) >= 11 is 5.02. The molecule has 0 radical (unpaired) electrons. The van der Waals surface area contributed by atoms with E-state index in [1.54, 1.807) is 11.3 Å². The largest absolute Gasteiger partial charge is 0.484 e. The Kier molecular flexibility index (Phi) is 4.19. The van der Waals surface area contributed by atoms with Crippen molar-refractivity contribution in [3.63, 3.8) is 0 Å². The molecule has 0 saturated carbocycles. The van der Waals surface area contributed by atoms with Gasteiger partial charge in [0, 0.05) is 15.3 Å². The number of Topliss-reactive ketones (excluding diaryl/α,β-unsaturated/α-hetero) is 1. The van der Waals surface area contributed by atoms with Gasteiger partial charge in [0.15, 0.2) is 6.61 Å². The van der Waals surface area contributed by atoms with Crippen molar-refractivity contribution in [3.05, 3.63) is 50.1 Å². The van der Waals surface area contributed by atoms with E-state index >= 15 is 0 Å². The molecule has 0 aliphatic rings. The Hall–Kier alpha value is -1.13. The van der Waals surface area contributed by atoms with E-state index < -0.39 is 0 Å². The van der Waals surface area contributed by atoms with Gasteiger partial charge in [-0.2, -0.15) is 0 Å². The summed E-state index contributed by atoms with van der Waals surface area (Å²) in [5.74, 6) is 0.711. The molecular formula is C14H13BrO2S. The first kappa shape index (κ1) is 13.3.